The van der Waals surface area contributed by atoms with Crippen molar-refractivity contribution in [2.75, 3.05) is 6.54 Å². The number of carbonyl (C=O) groups is 1. The number of hydrogen-bond acceptors (Lipinski definition) is 6. The van der Waals surface area contributed by atoms with Crippen molar-refractivity contribution in [1.29, 1.82) is 0 Å². The van der Waals surface area contributed by atoms with Gasteiger partial charge in [-0.15, -0.1) is 11.3 Å². The van der Waals surface area contributed by atoms with Crippen LogP contribution < -0.4 is 5.32 Å². The van der Waals surface area contributed by atoms with Gasteiger partial charge in [-0.1, -0.05) is 5.16 Å². The maximum atomic E-state index is 12.6. The van der Waals surface area contributed by atoms with Gasteiger partial charge in [0, 0.05) is 17.6 Å². The number of rotatable bonds is 5. The van der Waals surface area contributed by atoms with E-state index >= 15 is 0 Å². The smallest absolute Gasteiger partial charge is 0.352 e. The quantitative estimate of drug-likeness (QED) is 0.728. The normalized spacial score (nSPS) is 13.0. The van der Waals surface area contributed by atoms with E-state index in [0.29, 0.717) is 17.0 Å². The molecule has 0 bridgehead atoms. The molecule has 0 aliphatic heterocycles. The number of thiophene rings is 1. The number of halogens is 3. The number of amides is 1. The van der Waals surface area contributed by atoms with Crippen molar-refractivity contribution in [3.63, 3.8) is 0 Å². The maximum absolute atomic E-state index is 12.6. The van der Waals surface area contributed by atoms with Gasteiger partial charge < -0.3 is 9.84 Å². The van der Waals surface area contributed by atoms with Crippen molar-refractivity contribution in [1.82, 2.24) is 25.2 Å². The van der Waals surface area contributed by atoms with Crippen LogP contribution >= 0.6 is 11.3 Å². The lowest BCUT2D eigenvalue weighted by molar-refractivity contribution is -0.159. The summed E-state index contributed by atoms with van der Waals surface area (Å²) < 4.78 is 43.5. The van der Waals surface area contributed by atoms with Crippen molar-refractivity contribution in [3.8, 4) is 10.7 Å². The third-order valence-corrected chi connectivity index (χ3v) is 4.78. The molecule has 3 rings (SSSR count). The van der Waals surface area contributed by atoms with Gasteiger partial charge in [0.1, 0.15) is 0 Å². The summed E-state index contributed by atoms with van der Waals surface area (Å²) in [6, 6.07) is 3.16. The lowest BCUT2D eigenvalue weighted by Crippen LogP contribution is -2.22. The zero-order chi connectivity index (χ0) is 18.9. The zero-order valence-corrected chi connectivity index (χ0v) is 14.6. The lowest BCUT2D eigenvalue weighted by atomic mass is 10.2. The predicted octanol–water partition coefficient (Wildman–Crippen LogP) is 3.37. The van der Waals surface area contributed by atoms with E-state index in [1.807, 2.05) is 13.8 Å². The molecule has 0 aromatic carbocycles. The molecular weight excluding hydrogens is 371 g/mol. The predicted molar refractivity (Wildman–Crippen MR) is 86.7 cm³/mol. The van der Waals surface area contributed by atoms with Crippen molar-refractivity contribution >= 4 is 17.2 Å². The van der Waals surface area contributed by atoms with Crippen LogP contribution in [0.3, 0.4) is 0 Å². The SMILES string of the molecule is CCNC(=O)c1cnn(C(C)c2ccc(-c3noc(C(F)(F)F)n3)s2)c1. The van der Waals surface area contributed by atoms with E-state index in [0.717, 1.165) is 4.88 Å². The third kappa shape index (κ3) is 3.62. The fourth-order valence-electron chi connectivity index (χ4n) is 2.20. The fraction of sp³-hybridized carbons (Fsp3) is 0.333. The molecule has 0 fully saturated rings. The average molecular weight is 385 g/mol. The van der Waals surface area contributed by atoms with Crippen molar-refractivity contribution in [3.05, 3.63) is 40.9 Å². The van der Waals surface area contributed by atoms with E-state index in [4.69, 9.17) is 0 Å². The summed E-state index contributed by atoms with van der Waals surface area (Å²) in [7, 11) is 0. The number of hydrogen-bond donors (Lipinski definition) is 1. The molecule has 7 nitrogen and oxygen atoms in total. The minimum absolute atomic E-state index is 0.121. The first-order valence-electron chi connectivity index (χ1n) is 7.63. The molecule has 0 saturated carbocycles. The van der Waals surface area contributed by atoms with Gasteiger partial charge in [-0.25, -0.2) is 0 Å². The molecule has 1 unspecified atom stereocenters. The van der Waals surface area contributed by atoms with Crippen molar-refractivity contribution < 1.29 is 22.5 Å². The summed E-state index contributed by atoms with van der Waals surface area (Å²) in [4.78, 5) is 16.5. The molecule has 1 N–H and O–H groups in total. The van der Waals surface area contributed by atoms with Crippen LogP contribution in [-0.2, 0) is 6.18 Å². The van der Waals surface area contributed by atoms with Crippen LogP contribution in [0.1, 0.15) is 41.0 Å². The van der Waals surface area contributed by atoms with Crippen molar-refractivity contribution in [2.24, 2.45) is 0 Å². The second kappa shape index (κ2) is 6.90. The molecule has 1 amide bonds. The van der Waals surface area contributed by atoms with E-state index < -0.39 is 12.1 Å². The Balaban J connectivity index is 1.79. The first-order chi connectivity index (χ1) is 12.3. The standard InChI is InChI=1S/C15H14F3N5O2S/c1-3-19-13(24)9-6-20-23(7-9)8(2)10-4-5-11(26-10)12-21-14(25-22-12)15(16,17)18/h4-8H,3H2,1-2H3,(H,19,24). The Morgan fingerprint density at radius 1 is 1.42 bits per heavy atom. The molecule has 26 heavy (non-hydrogen) atoms. The van der Waals surface area contributed by atoms with E-state index in [1.54, 1.807) is 23.0 Å². The third-order valence-electron chi connectivity index (χ3n) is 3.53. The van der Waals surface area contributed by atoms with Crippen LogP contribution in [0.5, 0.6) is 0 Å². The molecule has 3 heterocycles. The highest BCUT2D eigenvalue weighted by molar-refractivity contribution is 7.15. The highest BCUT2D eigenvalue weighted by atomic mass is 32.1. The van der Waals surface area contributed by atoms with Gasteiger partial charge in [0.2, 0.25) is 5.82 Å². The topological polar surface area (TPSA) is 85.8 Å². The molecule has 0 aliphatic rings. The summed E-state index contributed by atoms with van der Waals surface area (Å²) in [6.07, 6.45) is -1.60. The molecule has 0 saturated heterocycles. The van der Waals surface area contributed by atoms with Crippen LogP contribution in [-0.4, -0.2) is 32.4 Å². The summed E-state index contributed by atoms with van der Waals surface area (Å²) in [5, 5.41) is 10.2. The van der Waals surface area contributed by atoms with E-state index in [1.165, 1.54) is 17.5 Å². The fourth-order valence-corrected chi connectivity index (χ4v) is 3.18. The van der Waals surface area contributed by atoms with Gasteiger partial charge in [0.05, 0.1) is 22.7 Å². The van der Waals surface area contributed by atoms with Crippen molar-refractivity contribution in [2.45, 2.75) is 26.1 Å². The number of nitrogens with one attached hydrogen (secondary N) is 1. The van der Waals surface area contributed by atoms with Gasteiger partial charge in [0.25, 0.3) is 5.91 Å². The second-order valence-electron chi connectivity index (χ2n) is 5.37. The molecule has 0 radical (unpaired) electrons. The first kappa shape index (κ1) is 18.1. The Morgan fingerprint density at radius 2 is 2.19 bits per heavy atom. The molecule has 0 aliphatic carbocycles. The largest absolute Gasteiger partial charge is 0.471 e. The Morgan fingerprint density at radius 3 is 2.85 bits per heavy atom. The van der Waals surface area contributed by atoms with Crippen LogP contribution in [0.15, 0.2) is 29.0 Å². The minimum Gasteiger partial charge on any atom is -0.352 e. The zero-order valence-electron chi connectivity index (χ0n) is 13.7. The van der Waals surface area contributed by atoms with Gasteiger partial charge in [0.15, 0.2) is 0 Å². The highest BCUT2D eigenvalue weighted by Gasteiger charge is 2.38. The van der Waals surface area contributed by atoms with Crippen LogP contribution in [0, 0.1) is 0 Å². The first-order valence-corrected chi connectivity index (χ1v) is 8.44. The average Bonchev–Trinajstić information content (AvgIpc) is 3.31. The molecule has 11 heteroatoms. The Labute approximate surface area is 149 Å². The van der Waals surface area contributed by atoms with Crippen LogP contribution in [0.2, 0.25) is 0 Å². The van der Waals surface area contributed by atoms with Gasteiger partial charge in [-0.2, -0.15) is 23.3 Å². The molecule has 0 spiro atoms. The number of aromatic nitrogens is 4. The number of nitrogens with zero attached hydrogens (tertiary/aromatic N) is 4. The Bertz CT molecular complexity index is 914. The number of alkyl halides is 3. The van der Waals surface area contributed by atoms with Crippen LogP contribution in [0.4, 0.5) is 13.2 Å². The minimum atomic E-state index is -4.68. The molecule has 138 valence electrons. The molecule has 3 aromatic heterocycles. The summed E-state index contributed by atoms with van der Waals surface area (Å²) in [5.74, 6) is -1.72. The maximum Gasteiger partial charge on any atom is 0.471 e. The lowest BCUT2D eigenvalue weighted by Gasteiger charge is -2.09. The van der Waals surface area contributed by atoms with E-state index in [9.17, 15) is 18.0 Å². The molecular formula is C15H14F3N5O2S. The Kier molecular flexibility index (Phi) is 4.81. The Hall–Kier alpha value is -2.69. The van der Waals surface area contributed by atoms with E-state index in [-0.39, 0.29) is 17.8 Å². The highest BCUT2D eigenvalue weighted by Crippen LogP contribution is 2.34. The summed E-state index contributed by atoms with van der Waals surface area (Å²) in [6.45, 7) is 4.19. The second-order valence-corrected chi connectivity index (χ2v) is 6.48. The van der Waals surface area contributed by atoms with Crippen LogP contribution in [0.25, 0.3) is 10.7 Å². The molecule has 3 aromatic rings. The monoisotopic (exact) mass is 385 g/mol. The molecule has 1 atom stereocenters. The summed E-state index contributed by atoms with van der Waals surface area (Å²) >= 11 is 1.23. The number of carbonyl (C=O) groups excluding carboxylic acids is 1. The van der Waals surface area contributed by atoms with E-state index in [2.05, 4.69) is 25.1 Å². The van der Waals surface area contributed by atoms with Gasteiger partial charge in [-0.3, -0.25) is 9.48 Å². The van der Waals surface area contributed by atoms with Gasteiger partial charge in [-0.05, 0) is 26.0 Å². The summed E-state index contributed by atoms with van der Waals surface area (Å²) in [5.41, 5.74) is 0.434. The van der Waals surface area contributed by atoms with Gasteiger partial charge >= 0.3 is 12.1 Å².